The van der Waals surface area contributed by atoms with Gasteiger partial charge in [0.2, 0.25) is 0 Å². The SMILES string of the molecule is CCOC(=O)C(C)(C)Oc1ccc(C2CC2C(OC)c2ccc(OC(F)(F)F)cc2)cc1C1CC1. The number of methoxy groups -OCH3 is 1. The Bertz CT molecular complexity index is 1040. The number of esters is 1. The highest BCUT2D eigenvalue weighted by Gasteiger charge is 2.45. The summed E-state index contributed by atoms with van der Waals surface area (Å²) < 4.78 is 58.3. The predicted octanol–water partition coefficient (Wildman–Crippen LogP) is 6.67. The molecule has 190 valence electrons. The molecule has 0 aliphatic heterocycles. The van der Waals surface area contributed by atoms with Gasteiger partial charge in [0.25, 0.3) is 0 Å². The van der Waals surface area contributed by atoms with Gasteiger partial charge in [-0.15, -0.1) is 13.2 Å². The van der Waals surface area contributed by atoms with Crippen molar-refractivity contribution in [1.82, 2.24) is 0 Å². The number of rotatable bonds is 10. The summed E-state index contributed by atoms with van der Waals surface area (Å²) in [5.74, 6) is 0.955. The Labute approximate surface area is 203 Å². The van der Waals surface area contributed by atoms with Crippen LogP contribution in [0.4, 0.5) is 13.2 Å². The maximum absolute atomic E-state index is 12.5. The number of carbonyl (C=O) groups excluding carboxylic acids is 1. The summed E-state index contributed by atoms with van der Waals surface area (Å²) in [6.07, 6.45) is -1.87. The third kappa shape index (κ3) is 6.10. The maximum Gasteiger partial charge on any atom is 0.573 e. The van der Waals surface area contributed by atoms with Gasteiger partial charge in [-0.1, -0.05) is 24.3 Å². The monoisotopic (exact) mass is 492 g/mol. The molecule has 2 aliphatic rings. The zero-order chi connectivity index (χ0) is 25.4. The first-order valence-corrected chi connectivity index (χ1v) is 11.9. The second-order valence-corrected chi connectivity index (χ2v) is 9.68. The molecule has 0 heterocycles. The van der Waals surface area contributed by atoms with Gasteiger partial charge in [0.15, 0.2) is 5.60 Å². The first kappa shape index (κ1) is 25.4. The van der Waals surface area contributed by atoms with Crippen LogP contribution < -0.4 is 9.47 Å². The highest BCUT2D eigenvalue weighted by Crippen LogP contribution is 2.56. The van der Waals surface area contributed by atoms with Gasteiger partial charge in [0, 0.05) is 7.11 Å². The molecule has 2 aromatic carbocycles. The van der Waals surface area contributed by atoms with Crippen LogP contribution in [0.25, 0.3) is 0 Å². The summed E-state index contributed by atoms with van der Waals surface area (Å²) in [6, 6.07) is 12.0. The van der Waals surface area contributed by atoms with Crippen LogP contribution in [-0.4, -0.2) is 31.6 Å². The van der Waals surface area contributed by atoms with E-state index in [-0.39, 0.29) is 23.7 Å². The fraction of sp³-hybridized carbons (Fsp3) is 0.519. The largest absolute Gasteiger partial charge is 0.573 e. The molecular formula is C27H31F3O5. The Morgan fingerprint density at radius 2 is 1.74 bits per heavy atom. The van der Waals surface area contributed by atoms with Gasteiger partial charge in [-0.3, -0.25) is 0 Å². The van der Waals surface area contributed by atoms with Crippen LogP contribution in [-0.2, 0) is 14.3 Å². The van der Waals surface area contributed by atoms with E-state index in [1.54, 1.807) is 40.0 Å². The molecule has 3 unspecified atom stereocenters. The predicted molar refractivity (Wildman–Crippen MR) is 123 cm³/mol. The van der Waals surface area contributed by atoms with Crippen molar-refractivity contribution < 1.29 is 36.9 Å². The molecule has 0 radical (unpaired) electrons. The van der Waals surface area contributed by atoms with Crippen LogP contribution in [0.2, 0.25) is 0 Å². The lowest BCUT2D eigenvalue weighted by molar-refractivity contribution is -0.274. The van der Waals surface area contributed by atoms with Crippen molar-refractivity contribution in [1.29, 1.82) is 0 Å². The molecule has 0 spiro atoms. The van der Waals surface area contributed by atoms with Crippen LogP contribution in [0.1, 0.15) is 74.7 Å². The molecule has 0 bridgehead atoms. The van der Waals surface area contributed by atoms with Gasteiger partial charge in [-0.05, 0) is 92.7 Å². The lowest BCUT2D eigenvalue weighted by Crippen LogP contribution is -2.40. The fourth-order valence-corrected chi connectivity index (χ4v) is 4.58. The summed E-state index contributed by atoms with van der Waals surface area (Å²) in [6.45, 7) is 5.48. The average Bonchev–Trinajstić information content (AvgIpc) is 3.70. The number of carbonyl (C=O) groups is 1. The first-order valence-electron chi connectivity index (χ1n) is 11.9. The standard InChI is InChI=1S/C27H31F3O5/c1-5-33-25(31)26(2,3)35-23-13-10-18(14-21(23)16-6-7-16)20-15-22(20)24(32-4)17-8-11-19(12-9-17)34-27(28,29)30/h8-14,16,20,22,24H,5-7,15H2,1-4H3. The van der Waals surface area contributed by atoms with E-state index in [2.05, 4.69) is 10.8 Å². The van der Waals surface area contributed by atoms with Gasteiger partial charge in [0.1, 0.15) is 11.5 Å². The molecule has 2 aromatic rings. The van der Waals surface area contributed by atoms with Gasteiger partial charge in [-0.2, -0.15) is 0 Å². The smallest absolute Gasteiger partial charge is 0.476 e. The maximum atomic E-state index is 12.5. The fourth-order valence-electron chi connectivity index (χ4n) is 4.58. The van der Waals surface area contributed by atoms with E-state index in [9.17, 15) is 18.0 Å². The summed E-state index contributed by atoms with van der Waals surface area (Å²) in [7, 11) is 1.62. The lowest BCUT2D eigenvalue weighted by Gasteiger charge is -2.26. The molecule has 0 amide bonds. The number of ether oxygens (including phenoxy) is 4. The summed E-state index contributed by atoms with van der Waals surface area (Å²) in [5.41, 5.74) is 2.00. The molecule has 0 N–H and O–H groups in total. The van der Waals surface area contributed by atoms with Crippen LogP contribution in [0.5, 0.6) is 11.5 Å². The zero-order valence-corrected chi connectivity index (χ0v) is 20.4. The minimum absolute atomic E-state index is 0.212. The lowest BCUT2D eigenvalue weighted by atomic mass is 9.98. The van der Waals surface area contributed by atoms with Crippen LogP contribution in [0.15, 0.2) is 42.5 Å². The zero-order valence-electron chi connectivity index (χ0n) is 20.4. The number of halogens is 3. The number of benzene rings is 2. The summed E-state index contributed by atoms with van der Waals surface area (Å²) in [4.78, 5) is 12.3. The highest BCUT2D eigenvalue weighted by atomic mass is 19.4. The molecule has 2 fully saturated rings. The molecule has 8 heteroatoms. The Morgan fingerprint density at radius 3 is 2.31 bits per heavy atom. The van der Waals surface area contributed by atoms with E-state index in [4.69, 9.17) is 14.2 Å². The summed E-state index contributed by atoms with van der Waals surface area (Å²) in [5, 5.41) is 0. The Morgan fingerprint density at radius 1 is 1.06 bits per heavy atom. The van der Waals surface area contributed by atoms with Crippen molar-refractivity contribution in [3.8, 4) is 11.5 Å². The van der Waals surface area contributed by atoms with Crippen LogP contribution in [0.3, 0.4) is 0 Å². The van der Waals surface area contributed by atoms with E-state index >= 15 is 0 Å². The molecule has 35 heavy (non-hydrogen) atoms. The van der Waals surface area contributed by atoms with Gasteiger partial charge < -0.3 is 18.9 Å². The van der Waals surface area contributed by atoms with E-state index in [0.717, 1.165) is 30.4 Å². The average molecular weight is 493 g/mol. The third-order valence-electron chi connectivity index (χ3n) is 6.54. The normalized spacial score (nSPS) is 20.8. The number of alkyl halides is 3. The number of hydrogen-bond acceptors (Lipinski definition) is 5. The Hall–Kier alpha value is -2.74. The van der Waals surface area contributed by atoms with Crippen molar-refractivity contribution in [2.75, 3.05) is 13.7 Å². The summed E-state index contributed by atoms with van der Waals surface area (Å²) >= 11 is 0. The van der Waals surface area contributed by atoms with Crippen molar-refractivity contribution in [2.45, 2.75) is 69.9 Å². The van der Waals surface area contributed by atoms with Gasteiger partial charge in [0.05, 0.1) is 12.7 Å². The van der Waals surface area contributed by atoms with E-state index in [0.29, 0.717) is 18.3 Å². The highest BCUT2D eigenvalue weighted by molar-refractivity contribution is 5.79. The first-order chi connectivity index (χ1) is 16.5. The van der Waals surface area contributed by atoms with E-state index in [1.165, 1.54) is 17.7 Å². The molecule has 3 atom stereocenters. The molecule has 2 aliphatic carbocycles. The van der Waals surface area contributed by atoms with Crippen LogP contribution in [0, 0.1) is 5.92 Å². The minimum atomic E-state index is -4.72. The topological polar surface area (TPSA) is 54.0 Å². The van der Waals surface area contributed by atoms with Crippen molar-refractivity contribution in [3.63, 3.8) is 0 Å². The molecular weight excluding hydrogens is 461 g/mol. The van der Waals surface area contributed by atoms with Crippen molar-refractivity contribution in [3.05, 3.63) is 59.2 Å². The molecule has 0 aromatic heterocycles. The Kier molecular flexibility index (Phi) is 7.04. The minimum Gasteiger partial charge on any atom is -0.476 e. The van der Waals surface area contributed by atoms with Crippen molar-refractivity contribution >= 4 is 5.97 Å². The second kappa shape index (κ2) is 9.72. The second-order valence-electron chi connectivity index (χ2n) is 9.68. The van der Waals surface area contributed by atoms with Gasteiger partial charge >= 0.3 is 12.3 Å². The molecule has 2 saturated carbocycles. The van der Waals surface area contributed by atoms with Crippen LogP contribution >= 0.6 is 0 Å². The van der Waals surface area contributed by atoms with Crippen molar-refractivity contribution in [2.24, 2.45) is 5.92 Å². The quantitative estimate of drug-likeness (QED) is 0.347. The molecule has 5 nitrogen and oxygen atoms in total. The van der Waals surface area contributed by atoms with E-state index in [1.807, 2.05) is 12.1 Å². The van der Waals surface area contributed by atoms with E-state index < -0.39 is 17.9 Å². The molecule has 0 saturated heterocycles. The molecule has 4 rings (SSSR count). The number of hydrogen-bond donors (Lipinski definition) is 0. The third-order valence-corrected chi connectivity index (χ3v) is 6.54. The van der Waals surface area contributed by atoms with Gasteiger partial charge in [-0.25, -0.2) is 4.79 Å². The Balaban J connectivity index is 1.48.